The fourth-order valence-corrected chi connectivity index (χ4v) is 1.79. The van der Waals surface area contributed by atoms with Gasteiger partial charge in [-0.15, -0.1) is 0 Å². The molecule has 0 aliphatic heterocycles. The molecule has 110 valence electrons. The van der Waals surface area contributed by atoms with Gasteiger partial charge in [0.2, 0.25) is 0 Å². The van der Waals surface area contributed by atoms with Crippen LogP contribution in [0.1, 0.15) is 17.3 Å². The average molecular weight is 287 g/mol. The van der Waals surface area contributed by atoms with Gasteiger partial charge in [0, 0.05) is 11.8 Å². The molecule has 2 N–H and O–H groups in total. The van der Waals surface area contributed by atoms with Crippen molar-refractivity contribution >= 4 is 11.7 Å². The first kappa shape index (κ1) is 14.7. The Morgan fingerprint density at radius 2 is 1.81 bits per heavy atom. The van der Waals surface area contributed by atoms with Crippen LogP contribution in [0.15, 0.2) is 42.5 Å². The number of carbonyl (C=O) groups is 1. The van der Waals surface area contributed by atoms with E-state index in [1.807, 2.05) is 12.1 Å². The van der Waals surface area contributed by atoms with Crippen LogP contribution in [0.5, 0.6) is 17.2 Å². The third kappa shape index (κ3) is 3.66. The van der Waals surface area contributed by atoms with E-state index in [1.54, 1.807) is 44.4 Å². The minimum absolute atomic E-state index is 0.289. The first-order valence-electron chi connectivity index (χ1n) is 6.52. The minimum Gasteiger partial charge on any atom is -0.497 e. The second-order valence-corrected chi connectivity index (χ2v) is 4.25. The normalized spacial score (nSPS) is 10.0. The van der Waals surface area contributed by atoms with Crippen LogP contribution in [0.2, 0.25) is 0 Å². The quantitative estimate of drug-likeness (QED) is 0.675. The third-order valence-electron chi connectivity index (χ3n) is 2.80. The highest BCUT2D eigenvalue weighted by atomic mass is 16.5. The van der Waals surface area contributed by atoms with Crippen molar-refractivity contribution in [2.45, 2.75) is 6.92 Å². The van der Waals surface area contributed by atoms with Crippen LogP contribution in [-0.4, -0.2) is 19.7 Å². The van der Waals surface area contributed by atoms with Gasteiger partial charge in [0.15, 0.2) is 0 Å². The highest BCUT2D eigenvalue weighted by Crippen LogP contribution is 2.27. The molecule has 0 aliphatic carbocycles. The Kier molecular flexibility index (Phi) is 4.66. The van der Waals surface area contributed by atoms with Gasteiger partial charge in [0.25, 0.3) is 0 Å². The van der Waals surface area contributed by atoms with E-state index in [0.29, 0.717) is 29.5 Å². The lowest BCUT2D eigenvalue weighted by atomic mass is 10.1. The maximum absolute atomic E-state index is 11.8. The summed E-state index contributed by atoms with van der Waals surface area (Å²) in [6, 6.07) is 12.0. The maximum Gasteiger partial charge on any atom is 0.340 e. The number of anilines is 1. The lowest BCUT2D eigenvalue weighted by Gasteiger charge is -2.10. The molecule has 0 unspecified atom stereocenters. The number of carbonyl (C=O) groups excluding carboxylic acids is 1. The first-order chi connectivity index (χ1) is 10.1. The second kappa shape index (κ2) is 6.65. The summed E-state index contributed by atoms with van der Waals surface area (Å²) < 4.78 is 15.8. The molecule has 0 bridgehead atoms. The number of ether oxygens (including phenoxy) is 3. The first-order valence-corrected chi connectivity index (χ1v) is 6.52. The van der Waals surface area contributed by atoms with E-state index in [-0.39, 0.29) is 5.56 Å². The maximum atomic E-state index is 11.8. The van der Waals surface area contributed by atoms with E-state index in [0.717, 1.165) is 0 Å². The SMILES string of the molecule is CCOC(=O)c1cc(Oc2cccc(OC)c2)ccc1N. The summed E-state index contributed by atoms with van der Waals surface area (Å²) in [7, 11) is 1.58. The highest BCUT2D eigenvalue weighted by Gasteiger charge is 2.12. The van der Waals surface area contributed by atoms with Gasteiger partial charge in [-0.1, -0.05) is 6.07 Å². The zero-order valence-electron chi connectivity index (χ0n) is 12.0. The number of hydrogen-bond donors (Lipinski definition) is 1. The molecular formula is C16H17NO4. The zero-order valence-corrected chi connectivity index (χ0v) is 12.0. The van der Waals surface area contributed by atoms with Crippen LogP contribution in [0.4, 0.5) is 5.69 Å². The van der Waals surface area contributed by atoms with E-state index >= 15 is 0 Å². The lowest BCUT2D eigenvalue weighted by Crippen LogP contribution is -2.08. The van der Waals surface area contributed by atoms with Gasteiger partial charge in [0.05, 0.1) is 19.3 Å². The Hall–Kier alpha value is -2.69. The molecule has 0 saturated carbocycles. The fraction of sp³-hybridized carbons (Fsp3) is 0.188. The van der Waals surface area contributed by atoms with Crippen LogP contribution in [-0.2, 0) is 4.74 Å². The van der Waals surface area contributed by atoms with Gasteiger partial charge in [-0.25, -0.2) is 4.79 Å². The molecule has 5 nitrogen and oxygen atoms in total. The Bertz CT molecular complexity index is 640. The van der Waals surface area contributed by atoms with Gasteiger partial charge < -0.3 is 19.9 Å². The zero-order chi connectivity index (χ0) is 15.2. The van der Waals surface area contributed by atoms with E-state index < -0.39 is 5.97 Å². The van der Waals surface area contributed by atoms with Crippen molar-refractivity contribution in [3.8, 4) is 17.2 Å². The Balaban J connectivity index is 2.24. The minimum atomic E-state index is -0.467. The smallest absolute Gasteiger partial charge is 0.340 e. The fourth-order valence-electron chi connectivity index (χ4n) is 1.79. The third-order valence-corrected chi connectivity index (χ3v) is 2.80. The summed E-state index contributed by atoms with van der Waals surface area (Å²) in [4.78, 5) is 11.8. The van der Waals surface area contributed by atoms with Crippen molar-refractivity contribution in [3.05, 3.63) is 48.0 Å². The van der Waals surface area contributed by atoms with Crippen molar-refractivity contribution in [1.29, 1.82) is 0 Å². The van der Waals surface area contributed by atoms with Gasteiger partial charge in [0.1, 0.15) is 17.2 Å². The van der Waals surface area contributed by atoms with Crippen LogP contribution in [0, 0.1) is 0 Å². The Labute approximate surface area is 123 Å². The lowest BCUT2D eigenvalue weighted by molar-refractivity contribution is 0.0527. The molecule has 0 fully saturated rings. The van der Waals surface area contributed by atoms with Crippen molar-refractivity contribution in [2.75, 3.05) is 19.5 Å². The van der Waals surface area contributed by atoms with Crippen molar-refractivity contribution in [3.63, 3.8) is 0 Å². The average Bonchev–Trinajstić information content (AvgIpc) is 2.49. The van der Waals surface area contributed by atoms with Crippen molar-refractivity contribution < 1.29 is 19.0 Å². The molecule has 21 heavy (non-hydrogen) atoms. The predicted molar refractivity (Wildman–Crippen MR) is 79.9 cm³/mol. The molecule has 0 aliphatic rings. The van der Waals surface area contributed by atoms with E-state index in [9.17, 15) is 4.79 Å². The summed E-state index contributed by atoms with van der Waals surface area (Å²) in [5.74, 6) is 1.33. The predicted octanol–water partition coefficient (Wildman–Crippen LogP) is 3.25. The number of esters is 1. The summed E-state index contributed by atoms with van der Waals surface area (Å²) in [5.41, 5.74) is 6.43. The van der Waals surface area contributed by atoms with Gasteiger partial charge in [-0.05, 0) is 37.3 Å². The number of methoxy groups -OCH3 is 1. The van der Waals surface area contributed by atoms with Crippen LogP contribution in [0.3, 0.4) is 0 Å². The van der Waals surface area contributed by atoms with E-state index in [2.05, 4.69) is 0 Å². The Morgan fingerprint density at radius 1 is 1.10 bits per heavy atom. The summed E-state index contributed by atoms with van der Waals surface area (Å²) in [5, 5.41) is 0. The molecule has 0 aromatic heterocycles. The molecule has 0 heterocycles. The Morgan fingerprint density at radius 3 is 2.52 bits per heavy atom. The molecule has 2 aromatic rings. The van der Waals surface area contributed by atoms with Gasteiger partial charge in [-0.2, -0.15) is 0 Å². The van der Waals surface area contributed by atoms with Crippen LogP contribution in [0.25, 0.3) is 0 Å². The topological polar surface area (TPSA) is 70.8 Å². The molecule has 0 spiro atoms. The molecule has 0 amide bonds. The van der Waals surface area contributed by atoms with E-state index in [1.165, 1.54) is 0 Å². The molecule has 5 heteroatoms. The molecular weight excluding hydrogens is 270 g/mol. The van der Waals surface area contributed by atoms with Gasteiger partial charge >= 0.3 is 5.97 Å². The number of hydrogen-bond acceptors (Lipinski definition) is 5. The molecule has 2 rings (SSSR count). The molecule has 0 radical (unpaired) electrons. The number of nitrogen functional groups attached to an aromatic ring is 1. The number of benzene rings is 2. The molecule has 2 aromatic carbocycles. The summed E-state index contributed by atoms with van der Waals surface area (Å²) >= 11 is 0. The second-order valence-electron chi connectivity index (χ2n) is 4.25. The monoisotopic (exact) mass is 287 g/mol. The molecule has 0 atom stereocenters. The summed E-state index contributed by atoms with van der Waals surface area (Å²) in [6.07, 6.45) is 0. The standard InChI is InChI=1S/C16H17NO4/c1-3-20-16(18)14-10-13(7-8-15(14)17)21-12-6-4-5-11(9-12)19-2/h4-10H,3,17H2,1-2H3. The number of nitrogens with two attached hydrogens (primary N) is 1. The largest absolute Gasteiger partial charge is 0.497 e. The van der Waals surface area contributed by atoms with Crippen LogP contribution < -0.4 is 15.2 Å². The summed E-state index contributed by atoms with van der Waals surface area (Å²) in [6.45, 7) is 2.03. The van der Waals surface area contributed by atoms with Crippen molar-refractivity contribution in [1.82, 2.24) is 0 Å². The van der Waals surface area contributed by atoms with Gasteiger partial charge in [-0.3, -0.25) is 0 Å². The van der Waals surface area contributed by atoms with Crippen molar-refractivity contribution in [2.24, 2.45) is 0 Å². The molecule has 0 saturated heterocycles. The number of rotatable bonds is 5. The van der Waals surface area contributed by atoms with E-state index in [4.69, 9.17) is 19.9 Å². The van der Waals surface area contributed by atoms with Crippen LogP contribution >= 0.6 is 0 Å². The highest BCUT2D eigenvalue weighted by molar-refractivity contribution is 5.95.